The van der Waals surface area contributed by atoms with Gasteiger partial charge in [0.2, 0.25) is 0 Å². The zero-order chi connectivity index (χ0) is 14.0. The molecule has 1 aliphatic heterocycles. The molecule has 1 aromatic carbocycles. The van der Waals surface area contributed by atoms with Crippen LogP contribution in [-0.4, -0.2) is 37.0 Å². The summed E-state index contributed by atoms with van der Waals surface area (Å²) in [4.78, 5) is 14.3. The van der Waals surface area contributed by atoms with Crippen molar-refractivity contribution >= 4 is 5.91 Å². The average Bonchev–Trinajstić information content (AvgIpc) is 2.86. The summed E-state index contributed by atoms with van der Waals surface area (Å²) in [5.41, 5.74) is 2.19. The maximum Gasteiger partial charge on any atom is 0.253 e. The number of likely N-dealkylation sites (N-methyl/N-ethyl adjacent to an activating group) is 1. The van der Waals surface area contributed by atoms with Crippen molar-refractivity contribution in [2.45, 2.75) is 38.6 Å². The van der Waals surface area contributed by atoms with Gasteiger partial charge in [-0.2, -0.15) is 0 Å². The van der Waals surface area contributed by atoms with Gasteiger partial charge in [0.1, 0.15) is 0 Å². The van der Waals surface area contributed by atoms with Crippen LogP contribution in [0.2, 0.25) is 0 Å². The first kappa shape index (κ1) is 14.1. The SMILES string of the molecule is CN[C@H]1CCN(C(=O)c2ccc(C(C)(C)C)cc2)C1. The van der Waals surface area contributed by atoms with Crippen molar-refractivity contribution in [2.75, 3.05) is 20.1 Å². The number of hydrogen-bond donors (Lipinski definition) is 1. The monoisotopic (exact) mass is 260 g/mol. The number of amides is 1. The number of benzene rings is 1. The minimum atomic E-state index is 0.131. The molecule has 0 bridgehead atoms. The summed E-state index contributed by atoms with van der Waals surface area (Å²) in [6.07, 6.45) is 1.04. The molecule has 1 aliphatic rings. The number of hydrogen-bond acceptors (Lipinski definition) is 2. The van der Waals surface area contributed by atoms with Crippen LogP contribution in [0.1, 0.15) is 43.1 Å². The van der Waals surface area contributed by atoms with Crippen LogP contribution in [0.25, 0.3) is 0 Å². The standard InChI is InChI=1S/C16H24N2O/c1-16(2,3)13-7-5-12(6-8-13)15(19)18-10-9-14(11-18)17-4/h5-8,14,17H,9-11H2,1-4H3/t14-/m0/s1. The molecule has 0 aliphatic carbocycles. The molecule has 1 N–H and O–H groups in total. The third-order valence-corrected chi connectivity index (χ3v) is 3.88. The van der Waals surface area contributed by atoms with Crippen LogP contribution in [0, 0.1) is 0 Å². The van der Waals surface area contributed by atoms with Crippen molar-refractivity contribution in [1.82, 2.24) is 10.2 Å². The highest BCUT2D eigenvalue weighted by atomic mass is 16.2. The normalized spacial score (nSPS) is 19.8. The van der Waals surface area contributed by atoms with Gasteiger partial charge in [-0.3, -0.25) is 4.79 Å². The zero-order valence-electron chi connectivity index (χ0n) is 12.4. The van der Waals surface area contributed by atoms with Gasteiger partial charge in [0, 0.05) is 24.7 Å². The van der Waals surface area contributed by atoms with E-state index in [0.717, 1.165) is 25.1 Å². The van der Waals surface area contributed by atoms with E-state index >= 15 is 0 Å². The van der Waals surface area contributed by atoms with Crippen molar-refractivity contribution in [3.8, 4) is 0 Å². The molecule has 1 atom stereocenters. The summed E-state index contributed by atoms with van der Waals surface area (Å²) >= 11 is 0. The number of nitrogens with zero attached hydrogens (tertiary/aromatic N) is 1. The van der Waals surface area contributed by atoms with Gasteiger partial charge in [0.15, 0.2) is 0 Å². The first-order valence-electron chi connectivity index (χ1n) is 6.99. The van der Waals surface area contributed by atoms with E-state index in [-0.39, 0.29) is 11.3 Å². The molecular formula is C16H24N2O. The fourth-order valence-corrected chi connectivity index (χ4v) is 2.48. The molecular weight excluding hydrogens is 236 g/mol. The molecule has 1 aromatic rings. The first-order valence-corrected chi connectivity index (χ1v) is 6.99. The van der Waals surface area contributed by atoms with E-state index < -0.39 is 0 Å². The van der Waals surface area contributed by atoms with Crippen molar-refractivity contribution in [1.29, 1.82) is 0 Å². The van der Waals surface area contributed by atoms with E-state index in [2.05, 4.69) is 38.2 Å². The Hall–Kier alpha value is -1.35. The Kier molecular flexibility index (Phi) is 3.95. The molecule has 19 heavy (non-hydrogen) atoms. The molecule has 3 heteroatoms. The highest BCUT2D eigenvalue weighted by Crippen LogP contribution is 2.23. The third-order valence-electron chi connectivity index (χ3n) is 3.88. The van der Waals surface area contributed by atoms with Crippen molar-refractivity contribution in [3.63, 3.8) is 0 Å². The lowest BCUT2D eigenvalue weighted by Crippen LogP contribution is -2.33. The Balaban J connectivity index is 2.08. The van der Waals surface area contributed by atoms with E-state index in [1.54, 1.807) is 0 Å². The molecule has 3 nitrogen and oxygen atoms in total. The maximum atomic E-state index is 12.4. The molecule has 0 radical (unpaired) electrons. The van der Waals surface area contributed by atoms with Gasteiger partial charge in [0.05, 0.1) is 0 Å². The van der Waals surface area contributed by atoms with Crippen LogP contribution < -0.4 is 5.32 Å². The molecule has 1 fully saturated rings. The second-order valence-electron chi connectivity index (χ2n) is 6.35. The van der Waals surface area contributed by atoms with E-state index in [1.807, 2.05) is 24.1 Å². The minimum Gasteiger partial charge on any atom is -0.337 e. The zero-order valence-corrected chi connectivity index (χ0v) is 12.4. The number of likely N-dealkylation sites (tertiary alicyclic amines) is 1. The molecule has 0 aromatic heterocycles. The summed E-state index contributed by atoms with van der Waals surface area (Å²) in [6, 6.07) is 8.49. The van der Waals surface area contributed by atoms with Crippen molar-refractivity contribution in [2.24, 2.45) is 0 Å². The van der Waals surface area contributed by atoms with E-state index in [4.69, 9.17) is 0 Å². The number of nitrogens with one attached hydrogen (secondary N) is 1. The van der Waals surface area contributed by atoms with Gasteiger partial charge in [-0.1, -0.05) is 32.9 Å². The number of carbonyl (C=O) groups is 1. The van der Waals surface area contributed by atoms with E-state index in [1.165, 1.54) is 5.56 Å². The summed E-state index contributed by atoms with van der Waals surface area (Å²) in [6.45, 7) is 8.22. The van der Waals surface area contributed by atoms with Gasteiger partial charge in [-0.25, -0.2) is 0 Å². The lowest BCUT2D eigenvalue weighted by atomic mass is 9.86. The summed E-state index contributed by atoms with van der Waals surface area (Å²) in [5.74, 6) is 0.151. The molecule has 0 saturated carbocycles. The van der Waals surface area contributed by atoms with Gasteiger partial charge >= 0.3 is 0 Å². The number of carbonyl (C=O) groups excluding carboxylic acids is 1. The lowest BCUT2D eigenvalue weighted by molar-refractivity contribution is 0.0789. The number of rotatable bonds is 2. The molecule has 0 spiro atoms. The topological polar surface area (TPSA) is 32.3 Å². The second-order valence-corrected chi connectivity index (χ2v) is 6.35. The molecule has 1 saturated heterocycles. The van der Waals surface area contributed by atoms with Crippen LogP contribution in [0.15, 0.2) is 24.3 Å². The summed E-state index contributed by atoms with van der Waals surface area (Å²) in [7, 11) is 1.96. The van der Waals surface area contributed by atoms with Crippen LogP contribution in [0.3, 0.4) is 0 Å². The average molecular weight is 260 g/mol. The third kappa shape index (κ3) is 3.16. The van der Waals surface area contributed by atoms with Crippen LogP contribution in [0.4, 0.5) is 0 Å². The Bertz CT molecular complexity index is 445. The maximum absolute atomic E-state index is 12.4. The lowest BCUT2D eigenvalue weighted by Gasteiger charge is -2.20. The Morgan fingerprint density at radius 1 is 1.26 bits per heavy atom. The molecule has 104 valence electrons. The largest absolute Gasteiger partial charge is 0.337 e. The van der Waals surface area contributed by atoms with Gasteiger partial charge in [-0.15, -0.1) is 0 Å². The van der Waals surface area contributed by atoms with Crippen molar-refractivity contribution < 1.29 is 4.79 Å². The molecule has 1 amide bonds. The van der Waals surface area contributed by atoms with Crippen LogP contribution >= 0.6 is 0 Å². The van der Waals surface area contributed by atoms with E-state index in [9.17, 15) is 4.79 Å². The van der Waals surface area contributed by atoms with Crippen LogP contribution in [0.5, 0.6) is 0 Å². The second kappa shape index (κ2) is 5.33. The summed E-state index contributed by atoms with van der Waals surface area (Å²) < 4.78 is 0. The summed E-state index contributed by atoms with van der Waals surface area (Å²) in [5, 5.41) is 3.24. The van der Waals surface area contributed by atoms with E-state index in [0.29, 0.717) is 6.04 Å². The highest BCUT2D eigenvalue weighted by Gasteiger charge is 2.26. The Morgan fingerprint density at radius 3 is 2.37 bits per heavy atom. The highest BCUT2D eigenvalue weighted by molar-refractivity contribution is 5.94. The minimum absolute atomic E-state index is 0.131. The molecule has 2 rings (SSSR count). The predicted molar refractivity (Wildman–Crippen MR) is 78.5 cm³/mol. The fourth-order valence-electron chi connectivity index (χ4n) is 2.48. The van der Waals surface area contributed by atoms with Gasteiger partial charge in [-0.05, 0) is 36.6 Å². The predicted octanol–water partition coefficient (Wildman–Crippen LogP) is 2.42. The Morgan fingerprint density at radius 2 is 1.89 bits per heavy atom. The fraction of sp³-hybridized carbons (Fsp3) is 0.562. The van der Waals surface area contributed by atoms with Crippen molar-refractivity contribution in [3.05, 3.63) is 35.4 Å². The van der Waals surface area contributed by atoms with Gasteiger partial charge < -0.3 is 10.2 Å². The quantitative estimate of drug-likeness (QED) is 0.885. The van der Waals surface area contributed by atoms with Crippen LogP contribution in [-0.2, 0) is 5.41 Å². The molecule has 1 heterocycles. The molecule has 0 unspecified atom stereocenters. The smallest absolute Gasteiger partial charge is 0.253 e. The Labute approximate surface area is 116 Å². The van der Waals surface area contributed by atoms with Gasteiger partial charge in [0.25, 0.3) is 5.91 Å². The first-order chi connectivity index (χ1) is 8.91.